The quantitative estimate of drug-likeness (QED) is 0.458. The fourth-order valence-electron chi connectivity index (χ4n) is 1.49. The smallest absolute Gasteiger partial charge is 0.300 e. The van der Waals surface area contributed by atoms with Crippen molar-refractivity contribution in [1.82, 2.24) is 15.2 Å². The summed E-state index contributed by atoms with van der Waals surface area (Å²) in [4.78, 5) is 11.2. The van der Waals surface area contributed by atoms with E-state index in [4.69, 9.17) is 15.0 Å². The fraction of sp³-hybridized carbons (Fsp3) is 0.273. The van der Waals surface area contributed by atoms with Crippen LogP contribution in [0, 0.1) is 0 Å². The number of hydrogen-bond acceptors (Lipinski definition) is 5. The van der Waals surface area contributed by atoms with Gasteiger partial charge >= 0.3 is 5.91 Å². The molecule has 0 aliphatic rings. The summed E-state index contributed by atoms with van der Waals surface area (Å²) in [6.07, 6.45) is 3.38. The van der Waals surface area contributed by atoms with Gasteiger partial charge in [-0.05, 0) is 19.1 Å². The minimum absolute atomic E-state index is 0.171. The molecule has 7 nitrogen and oxygen atoms in total. The van der Waals surface area contributed by atoms with Gasteiger partial charge in [0.05, 0.1) is 25.5 Å². The van der Waals surface area contributed by atoms with Crippen molar-refractivity contribution >= 4 is 5.91 Å². The highest BCUT2D eigenvalue weighted by Crippen LogP contribution is 2.12. The Kier molecular flexibility index (Phi) is 3.63. The van der Waals surface area contributed by atoms with E-state index in [-0.39, 0.29) is 5.76 Å². The molecule has 7 heteroatoms. The van der Waals surface area contributed by atoms with Gasteiger partial charge in [0.15, 0.2) is 11.5 Å². The highest BCUT2D eigenvalue weighted by atomic mass is 16.5. The number of nitrogens with two attached hydrogens (primary N) is 1. The van der Waals surface area contributed by atoms with Crippen LogP contribution in [0.4, 0.5) is 0 Å². The lowest BCUT2D eigenvalue weighted by molar-refractivity contribution is 0.0924. The van der Waals surface area contributed by atoms with Crippen LogP contribution in [0.5, 0.6) is 5.75 Å². The molecular formula is C11H14N4O3. The second kappa shape index (κ2) is 5.37. The van der Waals surface area contributed by atoms with Gasteiger partial charge in [0.25, 0.3) is 0 Å². The number of aromatic nitrogens is 2. The number of furan rings is 1. The molecule has 0 radical (unpaired) electrons. The molecule has 18 heavy (non-hydrogen) atoms. The average molecular weight is 250 g/mol. The van der Waals surface area contributed by atoms with Gasteiger partial charge in [0.2, 0.25) is 0 Å². The predicted molar refractivity (Wildman–Crippen MR) is 62.9 cm³/mol. The van der Waals surface area contributed by atoms with Crippen LogP contribution < -0.4 is 16.0 Å². The average Bonchev–Trinajstić information content (AvgIpc) is 2.99. The summed E-state index contributed by atoms with van der Waals surface area (Å²) in [5, 5.41) is 4.11. The molecule has 1 amide bonds. The summed E-state index contributed by atoms with van der Waals surface area (Å²) in [7, 11) is 0. The molecule has 2 rings (SSSR count). The maximum absolute atomic E-state index is 11.2. The zero-order chi connectivity index (χ0) is 13.0. The van der Waals surface area contributed by atoms with Crippen molar-refractivity contribution in [2.45, 2.75) is 13.5 Å². The third-order valence-electron chi connectivity index (χ3n) is 2.25. The van der Waals surface area contributed by atoms with Gasteiger partial charge in [-0.1, -0.05) is 0 Å². The lowest BCUT2D eigenvalue weighted by Gasteiger charge is -1.98. The molecule has 0 fully saturated rings. The maximum atomic E-state index is 11.2. The molecule has 2 heterocycles. The zero-order valence-corrected chi connectivity index (χ0v) is 9.92. The monoisotopic (exact) mass is 250 g/mol. The number of nitrogen functional groups attached to an aromatic ring is 1. The van der Waals surface area contributed by atoms with Crippen LogP contribution >= 0.6 is 0 Å². The molecule has 0 atom stereocenters. The van der Waals surface area contributed by atoms with Crippen LogP contribution in [0.1, 0.15) is 23.2 Å². The van der Waals surface area contributed by atoms with Crippen LogP contribution in [0.2, 0.25) is 0 Å². The van der Waals surface area contributed by atoms with Crippen LogP contribution in [-0.4, -0.2) is 22.3 Å². The van der Waals surface area contributed by atoms with Crippen molar-refractivity contribution in [2.75, 3.05) is 6.61 Å². The van der Waals surface area contributed by atoms with E-state index >= 15 is 0 Å². The molecule has 0 spiro atoms. The molecule has 0 unspecified atom stereocenters. The summed E-state index contributed by atoms with van der Waals surface area (Å²) in [5.74, 6) is 6.03. The Bertz CT molecular complexity index is 532. The first-order chi connectivity index (χ1) is 8.72. The molecule has 0 aromatic carbocycles. The molecule has 3 N–H and O–H groups in total. The third-order valence-corrected chi connectivity index (χ3v) is 2.25. The molecule has 0 aliphatic heterocycles. The van der Waals surface area contributed by atoms with E-state index in [1.807, 2.05) is 12.3 Å². The van der Waals surface area contributed by atoms with Crippen molar-refractivity contribution in [3.05, 3.63) is 36.0 Å². The minimum atomic E-state index is -0.461. The SMILES string of the molecule is CCOc1cnn(Cc2ccc(C(=O)NN)o2)c1. The highest BCUT2D eigenvalue weighted by molar-refractivity contribution is 5.90. The van der Waals surface area contributed by atoms with E-state index in [0.717, 1.165) is 0 Å². The first-order valence-electron chi connectivity index (χ1n) is 5.48. The lowest BCUT2D eigenvalue weighted by atomic mass is 10.4. The standard InChI is InChI=1S/C11H14N4O3/c1-2-17-9-5-13-15(7-9)6-8-3-4-10(18-8)11(16)14-12/h3-5,7H,2,6,12H2,1H3,(H,14,16). The van der Waals surface area contributed by atoms with Gasteiger partial charge in [-0.25, -0.2) is 5.84 Å². The molecule has 0 aliphatic carbocycles. The molecular weight excluding hydrogens is 236 g/mol. The van der Waals surface area contributed by atoms with Gasteiger partial charge in [0.1, 0.15) is 5.76 Å². The number of rotatable bonds is 5. The first kappa shape index (κ1) is 12.2. The second-order valence-electron chi connectivity index (χ2n) is 3.55. The number of carbonyl (C=O) groups is 1. The number of nitrogens with zero attached hydrogens (tertiary/aromatic N) is 2. The Morgan fingerprint density at radius 1 is 1.61 bits per heavy atom. The molecule has 96 valence electrons. The number of carbonyl (C=O) groups excluding carboxylic acids is 1. The minimum Gasteiger partial charge on any atom is -0.491 e. The van der Waals surface area contributed by atoms with Crippen molar-refractivity contribution < 1.29 is 13.9 Å². The van der Waals surface area contributed by atoms with E-state index in [9.17, 15) is 4.79 Å². The normalized spacial score (nSPS) is 10.3. The summed E-state index contributed by atoms with van der Waals surface area (Å²) >= 11 is 0. The largest absolute Gasteiger partial charge is 0.491 e. The summed E-state index contributed by atoms with van der Waals surface area (Å²) in [5.41, 5.74) is 2.00. The molecule has 0 saturated heterocycles. The summed E-state index contributed by atoms with van der Waals surface area (Å²) < 4.78 is 12.3. The second-order valence-corrected chi connectivity index (χ2v) is 3.55. The van der Waals surface area contributed by atoms with Gasteiger partial charge in [-0.3, -0.25) is 14.9 Å². The van der Waals surface area contributed by atoms with E-state index < -0.39 is 5.91 Å². The lowest BCUT2D eigenvalue weighted by Crippen LogP contribution is -2.29. The number of nitrogens with one attached hydrogen (secondary N) is 1. The van der Waals surface area contributed by atoms with E-state index in [2.05, 4.69) is 5.10 Å². The molecule has 2 aromatic rings. The Balaban J connectivity index is 2.04. The summed E-state index contributed by atoms with van der Waals surface area (Å²) in [6.45, 7) is 2.92. The molecule has 0 bridgehead atoms. The third kappa shape index (κ3) is 2.69. The van der Waals surface area contributed by atoms with Crippen molar-refractivity contribution in [3.63, 3.8) is 0 Å². The number of hydrogen-bond donors (Lipinski definition) is 2. The maximum Gasteiger partial charge on any atom is 0.300 e. The zero-order valence-electron chi connectivity index (χ0n) is 9.92. The number of amides is 1. The van der Waals surface area contributed by atoms with Crippen molar-refractivity contribution in [2.24, 2.45) is 5.84 Å². The van der Waals surface area contributed by atoms with E-state index in [1.165, 1.54) is 0 Å². The van der Waals surface area contributed by atoms with Crippen LogP contribution in [0.25, 0.3) is 0 Å². The van der Waals surface area contributed by atoms with E-state index in [0.29, 0.717) is 24.7 Å². The van der Waals surface area contributed by atoms with Gasteiger partial charge in [-0.15, -0.1) is 0 Å². The van der Waals surface area contributed by atoms with E-state index in [1.54, 1.807) is 29.2 Å². The van der Waals surface area contributed by atoms with Gasteiger partial charge in [0, 0.05) is 0 Å². The highest BCUT2D eigenvalue weighted by Gasteiger charge is 2.10. The number of hydrazine groups is 1. The summed E-state index contributed by atoms with van der Waals surface area (Å²) in [6, 6.07) is 3.26. The Morgan fingerprint density at radius 3 is 3.17 bits per heavy atom. The Hall–Kier alpha value is -2.28. The van der Waals surface area contributed by atoms with Crippen molar-refractivity contribution in [1.29, 1.82) is 0 Å². The van der Waals surface area contributed by atoms with Crippen LogP contribution in [-0.2, 0) is 6.54 Å². The van der Waals surface area contributed by atoms with Gasteiger partial charge in [-0.2, -0.15) is 5.10 Å². The van der Waals surface area contributed by atoms with Crippen molar-refractivity contribution in [3.8, 4) is 5.75 Å². The topological polar surface area (TPSA) is 95.3 Å². The molecule has 0 saturated carbocycles. The Morgan fingerprint density at radius 2 is 2.44 bits per heavy atom. The molecule has 2 aromatic heterocycles. The van der Waals surface area contributed by atoms with Gasteiger partial charge < -0.3 is 9.15 Å². The predicted octanol–water partition coefficient (Wildman–Crippen LogP) is 0.527. The Labute approximate surface area is 103 Å². The van der Waals surface area contributed by atoms with Crippen LogP contribution in [0.3, 0.4) is 0 Å². The fourth-order valence-corrected chi connectivity index (χ4v) is 1.49. The van der Waals surface area contributed by atoms with Crippen LogP contribution in [0.15, 0.2) is 28.9 Å². The number of ether oxygens (including phenoxy) is 1. The first-order valence-corrected chi connectivity index (χ1v) is 5.48.